The number of nitrogens with zero attached hydrogens (tertiary/aromatic N) is 3. The minimum atomic E-state index is -0.409. The third kappa shape index (κ3) is 1.60. The number of halogens is 1. The highest BCUT2D eigenvalue weighted by Crippen LogP contribution is 2.22. The zero-order valence-electron chi connectivity index (χ0n) is 9.76. The summed E-state index contributed by atoms with van der Waals surface area (Å²) < 4.78 is 15.0. The Bertz CT molecular complexity index is 733. The number of anilines is 1. The second kappa shape index (κ2) is 3.80. The van der Waals surface area contributed by atoms with Gasteiger partial charge in [0.15, 0.2) is 11.5 Å². The van der Waals surface area contributed by atoms with Crippen molar-refractivity contribution in [2.75, 3.05) is 5.73 Å². The molecule has 3 aromatic rings. The molecule has 4 nitrogen and oxygen atoms in total. The lowest BCUT2D eigenvalue weighted by Crippen LogP contribution is -1.96. The van der Waals surface area contributed by atoms with Crippen molar-refractivity contribution in [3.63, 3.8) is 0 Å². The normalized spacial score (nSPS) is 11.0. The molecule has 0 fully saturated rings. The number of aromatic nitrogens is 3. The Kier molecular flexibility index (Phi) is 2.26. The van der Waals surface area contributed by atoms with Gasteiger partial charge in [0.05, 0.1) is 5.69 Å². The quantitative estimate of drug-likeness (QED) is 0.713. The van der Waals surface area contributed by atoms with E-state index in [0.29, 0.717) is 11.5 Å². The molecule has 0 aliphatic heterocycles. The molecule has 0 amide bonds. The molecule has 0 saturated heterocycles. The molecule has 3 rings (SSSR count). The van der Waals surface area contributed by atoms with Gasteiger partial charge in [0, 0.05) is 17.8 Å². The number of nitrogens with two attached hydrogens (primary N) is 1. The summed E-state index contributed by atoms with van der Waals surface area (Å²) in [5.74, 6) is 0.175. The van der Waals surface area contributed by atoms with Crippen molar-refractivity contribution in [3.05, 3.63) is 47.9 Å². The molecule has 2 aromatic heterocycles. The first kappa shape index (κ1) is 10.7. The second-order valence-electron chi connectivity index (χ2n) is 4.20. The highest BCUT2D eigenvalue weighted by atomic mass is 19.1. The molecule has 0 spiro atoms. The van der Waals surface area contributed by atoms with Gasteiger partial charge in [0.25, 0.3) is 0 Å². The van der Waals surface area contributed by atoms with Gasteiger partial charge in [-0.25, -0.2) is 4.39 Å². The molecule has 0 radical (unpaired) electrons. The molecule has 0 atom stereocenters. The molecule has 2 heterocycles. The zero-order valence-corrected chi connectivity index (χ0v) is 9.76. The van der Waals surface area contributed by atoms with Crippen LogP contribution in [0.25, 0.3) is 17.0 Å². The molecule has 18 heavy (non-hydrogen) atoms. The van der Waals surface area contributed by atoms with Gasteiger partial charge in [0.2, 0.25) is 0 Å². The summed E-state index contributed by atoms with van der Waals surface area (Å²) in [7, 11) is 0. The van der Waals surface area contributed by atoms with E-state index in [4.69, 9.17) is 5.73 Å². The van der Waals surface area contributed by atoms with Crippen LogP contribution in [0.15, 0.2) is 36.5 Å². The van der Waals surface area contributed by atoms with Crippen LogP contribution in [-0.2, 0) is 0 Å². The van der Waals surface area contributed by atoms with Crippen LogP contribution in [0, 0.1) is 12.7 Å². The average molecular weight is 242 g/mol. The Labute approximate surface area is 103 Å². The van der Waals surface area contributed by atoms with Gasteiger partial charge < -0.3 is 5.73 Å². The first-order valence-corrected chi connectivity index (χ1v) is 5.52. The maximum atomic E-state index is 13.4. The van der Waals surface area contributed by atoms with Gasteiger partial charge in [0.1, 0.15) is 5.82 Å². The fourth-order valence-electron chi connectivity index (χ4n) is 1.97. The summed E-state index contributed by atoms with van der Waals surface area (Å²) >= 11 is 0. The van der Waals surface area contributed by atoms with Crippen LogP contribution >= 0.6 is 0 Å². The van der Waals surface area contributed by atoms with Gasteiger partial charge in [-0.3, -0.25) is 4.40 Å². The van der Waals surface area contributed by atoms with E-state index in [9.17, 15) is 4.39 Å². The van der Waals surface area contributed by atoms with E-state index in [1.54, 1.807) is 4.40 Å². The van der Waals surface area contributed by atoms with Crippen molar-refractivity contribution in [2.45, 2.75) is 6.92 Å². The molecular formula is C13H11FN4. The van der Waals surface area contributed by atoms with Crippen LogP contribution in [0.5, 0.6) is 0 Å². The van der Waals surface area contributed by atoms with E-state index in [1.165, 1.54) is 12.3 Å². The molecule has 0 bridgehead atoms. The van der Waals surface area contributed by atoms with E-state index in [0.717, 1.165) is 11.1 Å². The summed E-state index contributed by atoms with van der Waals surface area (Å²) in [6, 6.07) is 9.03. The van der Waals surface area contributed by atoms with Crippen molar-refractivity contribution in [1.82, 2.24) is 14.6 Å². The fraction of sp³-hybridized carbons (Fsp3) is 0.0769. The van der Waals surface area contributed by atoms with E-state index in [1.807, 2.05) is 31.2 Å². The molecule has 0 aliphatic carbocycles. The highest BCUT2D eigenvalue weighted by Gasteiger charge is 2.11. The lowest BCUT2D eigenvalue weighted by molar-refractivity contribution is 0.620. The maximum absolute atomic E-state index is 13.4. The predicted molar refractivity (Wildman–Crippen MR) is 67.5 cm³/mol. The van der Waals surface area contributed by atoms with Crippen molar-refractivity contribution in [1.29, 1.82) is 0 Å². The number of nitrogen functional groups attached to an aromatic ring is 1. The molecule has 0 unspecified atom stereocenters. The third-order valence-corrected chi connectivity index (χ3v) is 2.78. The smallest absolute Gasteiger partial charge is 0.184 e. The molecular weight excluding hydrogens is 231 g/mol. The van der Waals surface area contributed by atoms with Crippen molar-refractivity contribution in [3.8, 4) is 11.4 Å². The summed E-state index contributed by atoms with van der Waals surface area (Å²) in [5.41, 5.74) is 8.45. The Morgan fingerprint density at radius 3 is 2.83 bits per heavy atom. The fourth-order valence-corrected chi connectivity index (χ4v) is 1.97. The monoisotopic (exact) mass is 242 g/mol. The molecule has 5 heteroatoms. The Morgan fingerprint density at radius 1 is 1.22 bits per heavy atom. The molecule has 90 valence electrons. The Morgan fingerprint density at radius 2 is 2.06 bits per heavy atom. The zero-order chi connectivity index (χ0) is 12.7. The van der Waals surface area contributed by atoms with Crippen molar-refractivity contribution >= 4 is 11.3 Å². The van der Waals surface area contributed by atoms with E-state index in [-0.39, 0.29) is 5.69 Å². The SMILES string of the molecule is Cc1cccc(-c2nnc3c(N)cc(F)cn23)c1. The van der Waals surface area contributed by atoms with Crippen LogP contribution in [0.4, 0.5) is 10.1 Å². The topological polar surface area (TPSA) is 56.2 Å². The van der Waals surface area contributed by atoms with E-state index < -0.39 is 5.82 Å². The molecule has 0 saturated carbocycles. The summed E-state index contributed by atoms with van der Waals surface area (Å²) in [5, 5.41) is 8.06. The standard InChI is InChI=1S/C13H11FN4/c1-8-3-2-4-9(5-8)12-16-17-13-11(15)6-10(14)7-18(12)13/h2-7H,15H2,1H3. The largest absolute Gasteiger partial charge is 0.396 e. The molecule has 1 aromatic carbocycles. The van der Waals surface area contributed by atoms with Gasteiger partial charge >= 0.3 is 0 Å². The Balaban J connectivity index is 2.30. The Hall–Kier alpha value is -2.43. The summed E-state index contributed by atoms with van der Waals surface area (Å²) in [6.07, 6.45) is 1.34. The average Bonchev–Trinajstić information content (AvgIpc) is 2.72. The number of pyridine rings is 1. The van der Waals surface area contributed by atoms with Crippen LogP contribution in [0.1, 0.15) is 5.56 Å². The van der Waals surface area contributed by atoms with Gasteiger partial charge in [-0.2, -0.15) is 0 Å². The third-order valence-electron chi connectivity index (χ3n) is 2.78. The number of hydrogen-bond donors (Lipinski definition) is 1. The van der Waals surface area contributed by atoms with Crippen LogP contribution in [0.3, 0.4) is 0 Å². The van der Waals surface area contributed by atoms with Gasteiger partial charge in [-0.05, 0) is 13.0 Å². The molecule has 0 aliphatic rings. The number of hydrogen-bond acceptors (Lipinski definition) is 3. The van der Waals surface area contributed by atoms with Crippen molar-refractivity contribution < 1.29 is 4.39 Å². The number of rotatable bonds is 1. The molecule has 2 N–H and O–H groups in total. The van der Waals surface area contributed by atoms with E-state index in [2.05, 4.69) is 10.2 Å². The summed E-state index contributed by atoms with van der Waals surface area (Å²) in [4.78, 5) is 0. The van der Waals surface area contributed by atoms with Crippen LogP contribution in [-0.4, -0.2) is 14.6 Å². The van der Waals surface area contributed by atoms with E-state index >= 15 is 0 Å². The first-order valence-electron chi connectivity index (χ1n) is 5.52. The first-order chi connectivity index (χ1) is 8.65. The second-order valence-corrected chi connectivity index (χ2v) is 4.20. The minimum absolute atomic E-state index is 0.279. The number of benzene rings is 1. The lowest BCUT2D eigenvalue weighted by atomic mass is 10.1. The van der Waals surface area contributed by atoms with Gasteiger partial charge in [-0.1, -0.05) is 23.8 Å². The highest BCUT2D eigenvalue weighted by molar-refractivity contribution is 5.69. The minimum Gasteiger partial charge on any atom is -0.396 e. The predicted octanol–water partition coefficient (Wildman–Crippen LogP) is 2.43. The maximum Gasteiger partial charge on any atom is 0.184 e. The van der Waals surface area contributed by atoms with Gasteiger partial charge in [-0.15, -0.1) is 10.2 Å². The van der Waals surface area contributed by atoms with Crippen LogP contribution < -0.4 is 5.73 Å². The van der Waals surface area contributed by atoms with Crippen molar-refractivity contribution in [2.24, 2.45) is 0 Å². The lowest BCUT2D eigenvalue weighted by Gasteiger charge is -2.02. The number of fused-ring (bicyclic) bond motifs is 1. The number of aryl methyl sites for hydroxylation is 1. The summed E-state index contributed by atoms with van der Waals surface area (Å²) in [6.45, 7) is 1.99. The van der Waals surface area contributed by atoms with Crippen LogP contribution in [0.2, 0.25) is 0 Å².